The number of hydrogen-bond donors (Lipinski definition) is 1. The fraction of sp³-hybridized carbons (Fsp3) is 0.409. The van der Waals surface area contributed by atoms with Crippen LogP contribution in [0.5, 0.6) is 0 Å². The van der Waals surface area contributed by atoms with Crippen molar-refractivity contribution in [3.8, 4) is 0 Å². The molecule has 1 N–H and O–H groups in total. The molecule has 3 aromatic rings. The minimum atomic E-state index is -0.264. The molecule has 156 valence electrons. The fourth-order valence-electron chi connectivity index (χ4n) is 4.27. The SMILES string of the molecule is COCC1(N(C)C(=O)c2onc3c2CN(C(=O)c2cc4ccccc4[nH]2)CC3)CC1. The molecule has 0 saturated heterocycles. The van der Waals surface area contributed by atoms with Gasteiger partial charge in [0.1, 0.15) is 5.69 Å². The largest absolute Gasteiger partial charge is 0.382 e. The van der Waals surface area contributed by atoms with Gasteiger partial charge in [0.05, 0.1) is 24.4 Å². The highest BCUT2D eigenvalue weighted by Crippen LogP contribution is 2.42. The first-order valence-electron chi connectivity index (χ1n) is 10.1. The first-order valence-corrected chi connectivity index (χ1v) is 10.1. The van der Waals surface area contributed by atoms with Gasteiger partial charge in [0, 0.05) is 43.6 Å². The van der Waals surface area contributed by atoms with Crippen LogP contribution in [0, 0.1) is 0 Å². The molecule has 2 amide bonds. The number of H-pyrrole nitrogens is 1. The first kappa shape index (κ1) is 18.9. The van der Waals surface area contributed by atoms with Crippen molar-refractivity contribution in [2.75, 3.05) is 27.3 Å². The van der Waals surface area contributed by atoms with Gasteiger partial charge in [-0.15, -0.1) is 0 Å². The van der Waals surface area contributed by atoms with Crippen molar-refractivity contribution in [3.63, 3.8) is 0 Å². The molecule has 2 aliphatic rings. The molecule has 3 heterocycles. The van der Waals surface area contributed by atoms with E-state index in [0.717, 1.165) is 29.4 Å². The van der Waals surface area contributed by atoms with E-state index in [2.05, 4.69) is 10.1 Å². The van der Waals surface area contributed by atoms with Crippen molar-refractivity contribution in [1.82, 2.24) is 19.9 Å². The van der Waals surface area contributed by atoms with Gasteiger partial charge in [-0.05, 0) is 25.0 Å². The van der Waals surface area contributed by atoms with E-state index in [1.807, 2.05) is 30.3 Å². The van der Waals surface area contributed by atoms with E-state index in [-0.39, 0.29) is 23.1 Å². The van der Waals surface area contributed by atoms with E-state index in [9.17, 15) is 9.59 Å². The molecule has 0 spiro atoms. The first-order chi connectivity index (χ1) is 14.5. The lowest BCUT2D eigenvalue weighted by atomic mass is 10.0. The molecular weight excluding hydrogens is 384 g/mol. The van der Waals surface area contributed by atoms with Gasteiger partial charge in [-0.3, -0.25) is 9.59 Å². The Morgan fingerprint density at radius 3 is 2.87 bits per heavy atom. The quantitative estimate of drug-likeness (QED) is 0.701. The Balaban J connectivity index is 1.38. The van der Waals surface area contributed by atoms with Crippen molar-refractivity contribution in [3.05, 3.63) is 53.0 Å². The van der Waals surface area contributed by atoms with Gasteiger partial charge in [0.15, 0.2) is 0 Å². The van der Waals surface area contributed by atoms with Crippen molar-refractivity contribution < 1.29 is 18.8 Å². The number of fused-ring (bicyclic) bond motifs is 2. The molecule has 0 bridgehead atoms. The second-order valence-electron chi connectivity index (χ2n) is 8.21. The average Bonchev–Trinajstić information content (AvgIpc) is 3.23. The smallest absolute Gasteiger partial charge is 0.293 e. The number of benzene rings is 1. The van der Waals surface area contributed by atoms with Crippen LogP contribution in [0.1, 0.15) is 45.1 Å². The van der Waals surface area contributed by atoms with Gasteiger partial charge in [-0.25, -0.2) is 0 Å². The molecule has 5 rings (SSSR count). The summed E-state index contributed by atoms with van der Waals surface area (Å²) in [5.74, 6) is -0.0786. The normalized spacial score (nSPS) is 17.1. The zero-order chi connectivity index (χ0) is 20.9. The number of nitrogens with zero attached hydrogens (tertiary/aromatic N) is 3. The minimum absolute atomic E-state index is 0.0946. The van der Waals surface area contributed by atoms with Crippen LogP contribution < -0.4 is 0 Å². The Hall–Kier alpha value is -3.13. The number of para-hydroxylation sites is 1. The monoisotopic (exact) mass is 408 g/mol. The van der Waals surface area contributed by atoms with Gasteiger partial charge in [0.2, 0.25) is 5.76 Å². The number of aromatic amines is 1. The van der Waals surface area contributed by atoms with E-state index >= 15 is 0 Å². The lowest BCUT2D eigenvalue weighted by Gasteiger charge is -2.28. The molecule has 1 aliphatic carbocycles. The van der Waals surface area contributed by atoms with E-state index in [4.69, 9.17) is 9.26 Å². The molecule has 0 unspecified atom stereocenters. The molecule has 30 heavy (non-hydrogen) atoms. The Kier molecular flexibility index (Phi) is 4.39. The van der Waals surface area contributed by atoms with Crippen molar-refractivity contribution in [2.24, 2.45) is 0 Å². The number of carbonyl (C=O) groups excluding carboxylic acids is 2. The third-order valence-electron chi connectivity index (χ3n) is 6.34. The molecule has 1 fully saturated rings. The van der Waals surface area contributed by atoms with E-state index in [0.29, 0.717) is 37.4 Å². The van der Waals surface area contributed by atoms with Crippen molar-refractivity contribution in [1.29, 1.82) is 0 Å². The Bertz CT molecular complexity index is 1090. The van der Waals surface area contributed by atoms with Gasteiger partial charge in [0.25, 0.3) is 11.8 Å². The zero-order valence-corrected chi connectivity index (χ0v) is 17.1. The minimum Gasteiger partial charge on any atom is -0.382 e. The number of ether oxygens (including phenoxy) is 1. The second kappa shape index (κ2) is 6.98. The lowest BCUT2D eigenvalue weighted by molar-refractivity contribution is 0.0510. The number of carbonyl (C=O) groups is 2. The van der Waals surface area contributed by atoms with Crippen LogP contribution in [0.25, 0.3) is 10.9 Å². The molecule has 0 atom stereocenters. The lowest BCUT2D eigenvalue weighted by Crippen LogP contribution is -2.43. The maximum Gasteiger partial charge on any atom is 0.293 e. The zero-order valence-electron chi connectivity index (χ0n) is 17.1. The van der Waals surface area contributed by atoms with Crippen LogP contribution in [0.2, 0.25) is 0 Å². The van der Waals surface area contributed by atoms with Gasteiger partial charge >= 0.3 is 0 Å². The van der Waals surface area contributed by atoms with Crippen LogP contribution in [0.4, 0.5) is 0 Å². The molecular formula is C22H24N4O4. The van der Waals surface area contributed by atoms with E-state index < -0.39 is 0 Å². The number of methoxy groups -OCH3 is 1. The number of aromatic nitrogens is 2. The summed E-state index contributed by atoms with van der Waals surface area (Å²) in [5, 5.41) is 5.10. The Morgan fingerprint density at radius 2 is 2.13 bits per heavy atom. The summed E-state index contributed by atoms with van der Waals surface area (Å²) in [7, 11) is 3.42. The molecule has 1 saturated carbocycles. The highest BCUT2D eigenvalue weighted by molar-refractivity contribution is 5.98. The third-order valence-corrected chi connectivity index (χ3v) is 6.34. The average molecular weight is 408 g/mol. The summed E-state index contributed by atoms with van der Waals surface area (Å²) in [6.07, 6.45) is 2.37. The van der Waals surface area contributed by atoms with Crippen molar-refractivity contribution in [2.45, 2.75) is 31.3 Å². The number of nitrogens with one attached hydrogen (secondary N) is 1. The number of likely N-dealkylation sites (N-methyl/N-ethyl adjacent to an activating group) is 1. The Labute approximate surface area is 173 Å². The predicted octanol–water partition coefficient (Wildman–Crippen LogP) is 2.61. The van der Waals surface area contributed by atoms with Crippen LogP contribution in [0.3, 0.4) is 0 Å². The molecule has 8 nitrogen and oxygen atoms in total. The van der Waals surface area contributed by atoms with Crippen LogP contribution >= 0.6 is 0 Å². The molecule has 0 radical (unpaired) electrons. The van der Waals surface area contributed by atoms with E-state index in [1.165, 1.54) is 0 Å². The molecule has 1 aromatic carbocycles. The van der Waals surface area contributed by atoms with Crippen LogP contribution in [0.15, 0.2) is 34.9 Å². The number of amides is 2. The summed E-state index contributed by atoms with van der Waals surface area (Å²) in [5.41, 5.74) is 2.66. The standard InChI is InChI=1S/C22H24N4O4/c1-25(22(8-9-22)13-29-2)21(28)19-15-12-26(10-7-17(15)24-30-19)20(27)18-11-14-5-3-4-6-16(14)23-18/h3-6,11,23H,7-10,12-13H2,1-2H3. The number of rotatable bonds is 5. The van der Waals surface area contributed by atoms with Gasteiger partial charge in [-0.2, -0.15) is 0 Å². The summed E-state index contributed by atoms with van der Waals surface area (Å²) in [6.45, 7) is 1.33. The summed E-state index contributed by atoms with van der Waals surface area (Å²) in [6, 6.07) is 9.65. The highest BCUT2D eigenvalue weighted by atomic mass is 16.5. The van der Waals surface area contributed by atoms with Crippen molar-refractivity contribution >= 4 is 22.7 Å². The summed E-state index contributed by atoms with van der Waals surface area (Å²) in [4.78, 5) is 32.9. The third kappa shape index (κ3) is 2.99. The predicted molar refractivity (Wildman–Crippen MR) is 109 cm³/mol. The van der Waals surface area contributed by atoms with Gasteiger partial charge < -0.3 is 24.0 Å². The maximum absolute atomic E-state index is 13.1. The van der Waals surface area contributed by atoms with Crippen LogP contribution in [-0.2, 0) is 17.7 Å². The highest BCUT2D eigenvalue weighted by Gasteiger charge is 2.50. The second-order valence-corrected chi connectivity index (χ2v) is 8.21. The molecule has 8 heteroatoms. The molecule has 2 aromatic heterocycles. The number of hydrogen-bond acceptors (Lipinski definition) is 5. The Morgan fingerprint density at radius 1 is 1.33 bits per heavy atom. The fourth-order valence-corrected chi connectivity index (χ4v) is 4.27. The topological polar surface area (TPSA) is 91.7 Å². The van der Waals surface area contributed by atoms with Gasteiger partial charge in [-0.1, -0.05) is 23.4 Å². The maximum atomic E-state index is 13.1. The summed E-state index contributed by atoms with van der Waals surface area (Å²) >= 11 is 0. The summed E-state index contributed by atoms with van der Waals surface area (Å²) < 4.78 is 10.8. The van der Waals surface area contributed by atoms with E-state index in [1.54, 1.807) is 24.0 Å². The molecule has 1 aliphatic heterocycles. The van der Waals surface area contributed by atoms with Crippen LogP contribution in [-0.4, -0.2) is 64.6 Å².